The number of ether oxygens (including phenoxy) is 6. The monoisotopic (exact) mass is 855 g/mol. The maximum absolute atomic E-state index is 10.8. The van der Waals surface area contributed by atoms with Gasteiger partial charge in [0, 0.05) is 47.1 Å². The minimum atomic E-state index is -2.56. The van der Waals surface area contributed by atoms with Gasteiger partial charge in [-0.05, 0) is 86.7 Å². The van der Waals surface area contributed by atoms with E-state index in [1.54, 1.807) is 0 Å². The summed E-state index contributed by atoms with van der Waals surface area (Å²) in [7, 11) is 4.18. The second-order valence-electron chi connectivity index (χ2n) is 13.5. The van der Waals surface area contributed by atoms with Gasteiger partial charge < -0.3 is 53.4 Å². The molecular weight excluding hydrogens is 800 g/mol. The fraction of sp³-hybridized carbons (Fsp3) is 0.419. The Morgan fingerprint density at radius 2 is 1.14 bits per heavy atom. The predicted octanol–water partition coefficient (Wildman–Crippen LogP) is 7.39. The summed E-state index contributed by atoms with van der Waals surface area (Å²) in [4.78, 5) is 15.2. The normalized spacial score (nSPS) is 16.6. The van der Waals surface area contributed by atoms with Gasteiger partial charge in [-0.15, -0.1) is 0 Å². The van der Waals surface area contributed by atoms with Crippen LogP contribution in [0.25, 0.3) is 0 Å². The molecule has 16 heteroatoms. The zero-order valence-corrected chi connectivity index (χ0v) is 35.6. The quantitative estimate of drug-likeness (QED) is 0.183. The lowest BCUT2D eigenvalue weighted by Crippen LogP contribution is -2.28. The third-order valence-corrected chi connectivity index (χ3v) is 9.37. The minimum absolute atomic E-state index is 0.0938. The van der Waals surface area contributed by atoms with E-state index in [2.05, 4.69) is 75.3 Å². The summed E-state index contributed by atoms with van der Waals surface area (Å²) in [5, 5.41) is 5.93. The van der Waals surface area contributed by atoms with Crippen LogP contribution in [0.15, 0.2) is 91.0 Å². The van der Waals surface area contributed by atoms with Gasteiger partial charge >= 0.3 is 0 Å². The molecule has 14 nitrogen and oxygen atoms in total. The standard InChI is InChI=1S/C10H13NO.C9H11NO.C8H7NO2.C8H9NO.2C4H8O.ClHO3S/c1-8-3-4-10-9(7-8)11(2)5-6-12-10;1-10-6-7-11-9-5-3-2-4-8(9)10;10-8-5-11-7-4-2-1-3-6(7)9-8;1-2-4-8-7(3-1)9-5-6-10-8;2*1-2-4-5-3-1;1-4-5(2)3/h3-4,7H,5-6H2,1-2H3;2-5H,6-7H2,1H3;1-4H,5H2,(H,9,10);1-4,9H,5-6H2;2*1-4H2;(H,2,3)/p-1. The molecule has 0 aromatic heterocycles. The average Bonchev–Trinajstić information content (AvgIpc) is 4.07. The van der Waals surface area contributed by atoms with Crippen LogP contribution < -0.4 is 39.4 Å². The van der Waals surface area contributed by atoms with Crippen molar-refractivity contribution in [3.63, 3.8) is 0 Å². The summed E-state index contributed by atoms with van der Waals surface area (Å²) in [6.07, 6.45) is 5.11. The third-order valence-electron chi connectivity index (χ3n) is 8.96. The SMILES string of the molecule is C1CCOC1.C1CCOC1.CN1CCOc2ccccc21.Cc1ccc2c(c1)N(C)CCO2.O=C1COc2ccccc2N1.O=S([O-])OCl.c1ccc2c(c1)NCCO2. The first-order chi connectivity index (χ1) is 28.7. The molecule has 6 aliphatic rings. The van der Waals surface area contributed by atoms with Gasteiger partial charge in [-0.1, -0.05) is 42.5 Å². The highest BCUT2D eigenvalue weighted by molar-refractivity contribution is 7.74. The van der Waals surface area contributed by atoms with Crippen molar-refractivity contribution in [2.45, 2.75) is 32.6 Å². The molecule has 4 aromatic rings. The van der Waals surface area contributed by atoms with Gasteiger partial charge in [-0.2, -0.15) is 3.74 Å². The Labute approximate surface area is 355 Å². The van der Waals surface area contributed by atoms with Crippen molar-refractivity contribution in [1.29, 1.82) is 0 Å². The largest absolute Gasteiger partial charge is 0.749 e. The van der Waals surface area contributed by atoms with E-state index in [-0.39, 0.29) is 12.5 Å². The van der Waals surface area contributed by atoms with Gasteiger partial charge in [-0.3, -0.25) is 4.79 Å². The molecule has 4 aromatic carbocycles. The number of para-hydroxylation sites is 6. The van der Waals surface area contributed by atoms with Gasteiger partial charge in [0.05, 0.1) is 47.7 Å². The third kappa shape index (κ3) is 17.5. The number of carbonyl (C=O) groups excluding carboxylic acids is 1. The summed E-state index contributed by atoms with van der Waals surface area (Å²) in [5.74, 6) is 3.63. The van der Waals surface area contributed by atoms with Crippen LogP contribution in [0, 0.1) is 6.92 Å². The highest BCUT2D eigenvalue weighted by Gasteiger charge is 2.15. The fourth-order valence-corrected chi connectivity index (χ4v) is 5.90. The molecule has 1 atom stereocenters. The Morgan fingerprint density at radius 1 is 0.644 bits per heavy atom. The van der Waals surface area contributed by atoms with E-state index >= 15 is 0 Å². The van der Waals surface area contributed by atoms with Crippen molar-refractivity contribution in [3.8, 4) is 23.0 Å². The number of benzene rings is 4. The molecule has 6 aliphatic heterocycles. The molecule has 0 bridgehead atoms. The Bertz CT molecular complexity index is 1800. The van der Waals surface area contributed by atoms with Crippen LogP contribution in [0.5, 0.6) is 23.0 Å². The molecule has 0 radical (unpaired) electrons. The maximum Gasteiger partial charge on any atom is 0.262 e. The van der Waals surface area contributed by atoms with Crippen molar-refractivity contribution in [3.05, 3.63) is 96.6 Å². The molecule has 10 rings (SSSR count). The summed E-state index contributed by atoms with van der Waals surface area (Å²) < 4.78 is 52.5. The molecule has 0 aliphatic carbocycles. The molecule has 0 saturated carbocycles. The molecule has 2 saturated heterocycles. The van der Waals surface area contributed by atoms with Gasteiger partial charge in [0.1, 0.15) is 54.2 Å². The zero-order chi connectivity index (χ0) is 42.1. The van der Waals surface area contributed by atoms with Gasteiger partial charge in [0.2, 0.25) is 0 Å². The van der Waals surface area contributed by atoms with Crippen molar-refractivity contribution in [1.82, 2.24) is 0 Å². The summed E-state index contributed by atoms with van der Waals surface area (Å²) >= 11 is 1.67. The second-order valence-corrected chi connectivity index (χ2v) is 14.4. The number of halogens is 1. The van der Waals surface area contributed by atoms with Crippen LogP contribution in [0.1, 0.15) is 31.2 Å². The number of aryl methyl sites for hydroxylation is 1. The summed E-state index contributed by atoms with van der Waals surface area (Å²) in [6, 6.07) is 29.7. The summed E-state index contributed by atoms with van der Waals surface area (Å²) in [5.41, 5.74) is 5.55. The van der Waals surface area contributed by atoms with Crippen LogP contribution in [0.2, 0.25) is 0 Å². The van der Waals surface area contributed by atoms with E-state index in [0.717, 1.165) is 100 Å². The molecule has 2 N–H and O–H groups in total. The molecule has 0 spiro atoms. The number of hydrogen-bond acceptors (Lipinski definition) is 13. The van der Waals surface area contributed by atoms with Crippen LogP contribution in [0.4, 0.5) is 22.7 Å². The number of carbonyl (C=O) groups is 1. The van der Waals surface area contributed by atoms with Gasteiger partial charge in [0.25, 0.3) is 5.91 Å². The van der Waals surface area contributed by atoms with E-state index < -0.39 is 11.4 Å². The zero-order valence-electron chi connectivity index (χ0n) is 34.0. The average molecular weight is 856 g/mol. The number of nitrogens with zero attached hydrogens (tertiary/aromatic N) is 2. The minimum Gasteiger partial charge on any atom is -0.749 e. The van der Waals surface area contributed by atoms with E-state index in [9.17, 15) is 4.79 Å². The second kappa shape index (κ2) is 27.1. The highest BCUT2D eigenvalue weighted by atomic mass is 35.5. The first kappa shape index (κ1) is 46.9. The molecule has 1 unspecified atom stereocenters. The topological polar surface area (TPSA) is 152 Å². The van der Waals surface area contributed by atoms with E-state index in [1.807, 2.05) is 72.8 Å². The van der Waals surface area contributed by atoms with Crippen LogP contribution >= 0.6 is 11.9 Å². The van der Waals surface area contributed by atoms with E-state index in [0.29, 0.717) is 0 Å². The Balaban J connectivity index is 0.000000156. The number of anilines is 4. The number of nitrogens with one attached hydrogen (secondary N) is 2. The number of rotatable bonds is 1. The van der Waals surface area contributed by atoms with Crippen molar-refractivity contribution >= 4 is 51.9 Å². The number of fused-ring (bicyclic) bond motifs is 4. The van der Waals surface area contributed by atoms with Crippen LogP contribution in [0.3, 0.4) is 0 Å². The Morgan fingerprint density at radius 3 is 1.68 bits per heavy atom. The molecule has 59 heavy (non-hydrogen) atoms. The first-order valence-electron chi connectivity index (χ1n) is 19.6. The van der Waals surface area contributed by atoms with Crippen LogP contribution in [-0.2, 0) is 29.4 Å². The lowest BCUT2D eigenvalue weighted by atomic mass is 10.2. The van der Waals surface area contributed by atoms with Crippen molar-refractivity contribution < 1.29 is 45.7 Å². The molecule has 1 amide bonds. The number of hydrogen-bond donors (Lipinski definition) is 2. The summed E-state index contributed by atoms with van der Waals surface area (Å²) in [6.45, 7) is 11.5. The Hall–Kier alpha value is -4.77. The van der Waals surface area contributed by atoms with Crippen LogP contribution in [-0.4, -0.2) is 101 Å². The first-order valence-corrected chi connectivity index (χ1v) is 20.9. The highest BCUT2D eigenvalue weighted by Crippen LogP contribution is 2.31. The molecular formula is C43H56ClN4O10S-. The smallest absolute Gasteiger partial charge is 0.262 e. The van der Waals surface area contributed by atoms with Gasteiger partial charge in [0.15, 0.2) is 6.61 Å². The lowest BCUT2D eigenvalue weighted by Gasteiger charge is -2.27. The van der Waals surface area contributed by atoms with Crippen molar-refractivity contribution in [2.24, 2.45) is 0 Å². The molecule has 2 fully saturated rings. The maximum atomic E-state index is 10.8. The van der Waals surface area contributed by atoms with E-state index in [1.165, 1.54) is 42.6 Å². The fourth-order valence-electron chi connectivity index (χ4n) is 5.90. The van der Waals surface area contributed by atoms with Crippen molar-refractivity contribution in [2.75, 3.05) is 107 Å². The Kier molecular flexibility index (Phi) is 21.5. The molecule has 322 valence electrons. The number of likely N-dealkylation sites (N-methyl/N-ethyl adjacent to an activating group) is 2. The number of amides is 1. The van der Waals surface area contributed by atoms with Gasteiger partial charge in [-0.25, -0.2) is 4.21 Å². The lowest BCUT2D eigenvalue weighted by molar-refractivity contribution is -0.118. The molecule has 6 heterocycles. The van der Waals surface area contributed by atoms with E-state index in [4.69, 9.17) is 37.2 Å². The predicted molar refractivity (Wildman–Crippen MR) is 232 cm³/mol.